The van der Waals surface area contributed by atoms with Crippen LogP contribution >= 0.6 is 15.9 Å². The van der Waals surface area contributed by atoms with Gasteiger partial charge in [0.25, 0.3) is 0 Å². The van der Waals surface area contributed by atoms with E-state index in [1.807, 2.05) is 0 Å². The first kappa shape index (κ1) is 7.73. The van der Waals surface area contributed by atoms with E-state index in [0.29, 0.717) is 0 Å². The molecule has 1 aliphatic carbocycles. The molecule has 0 spiro atoms. The second-order valence-electron chi connectivity index (χ2n) is 2.86. The van der Waals surface area contributed by atoms with Crippen LogP contribution in [0.25, 0.3) is 0 Å². The smallest absolute Gasteiger partial charge is 0.109 e. The Bertz CT molecular complexity index is 204. The molecule has 4 atom stereocenters. The molecule has 3 nitrogen and oxygen atoms in total. The molecule has 2 N–H and O–H groups in total. The lowest BCUT2D eigenvalue weighted by Crippen LogP contribution is -2.30. The molecular weight excluding hydrogens is 212 g/mol. The van der Waals surface area contributed by atoms with Crippen molar-refractivity contribution in [3.05, 3.63) is 11.6 Å². The van der Waals surface area contributed by atoms with E-state index in [9.17, 15) is 5.11 Å². The standard InChI is InChI=1S/C7H9BrO3/c8-5-4(10)1-3(2-9)6-7(5)11-6/h1,4-7,9-10H,2H2/t4-,5+,6-,7+/m0/s1. The molecule has 0 saturated carbocycles. The summed E-state index contributed by atoms with van der Waals surface area (Å²) in [6.45, 7) is -0.0159. The summed E-state index contributed by atoms with van der Waals surface area (Å²) in [6.07, 6.45) is 1.25. The Morgan fingerprint density at radius 1 is 1.64 bits per heavy atom. The van der Waals surface area contributed by atoms with Gasteiger partial charge in [0.05, 0.1) is 17.5 Å². The predicted octanol–water partition coefficient (Wildman–Crippen LogP) is -0.190. The molecule has 4 heteroatoms. The molecule has 0 unspecified atom stereocenters. The molecule has 0 aromatic carbocycles. The highest BCUT2D eigenvalue weighted by molar-refractivity contribution is 9.09. The highest BCUT2D eigenvalue weighted by Crippen LogP contribution is 2.40. The minimum Gasteiger partial charge on any atom is -0.392 e. The fourth-order valence-corrected chi connectivity index (χ4v) is 1.96. The van der Waals surface area contributed by atoms with Gasteiger partial charge in [0.2, 0.25) is 0 Å². The van der Waals surface area contributed by atoms with Crippen LogP contribution in [0, 0.1) is 0 Å². The number of hydrogen-bond donors (Lipinski definition) is 2. The number of fused-ring (bicyclic) bond motifs is 1. The van der Waals surface area contributed by atoms with Crippen molar-refractivity contribution in [2.45, 2.75) is 23.1 Å². The van der Waals surface area contributed by atoms with E-state index in [-0.39, 0.29) is 23.6 Å². The van der Waals surface area contributed by atoms with Crippen LogP contribution in [0.2, 0.25) is 0 Å². The van der Waals surface area contributed by atoms with Crippen LogP contribution in [-0.4, -0.2) is 40.0 Å². The Labute approximate surface area is 72.8 Å². The highest BCUT2D eigenvalue weighted by atomic mass is 79.9. The van der Waals surface area contributed by atoms with E-state index in [0.717, 1.165) is 5.57 Å². The van der Waals surface area contributed by atoms with Crippen molar-refractivity contribution in [2.75, 3.05) is 6.61 Å². The van der Waals surface area contributed by atoms with Gasteiger partial charge in [0.15, 0.2) is 0 Å². The van der Waals surface area contributed by atoms with Crippen molar-refractivity contribution in [3.63, 3.8) is 0 Å². The zero-order chi connectivity index (χ0) is 8.01. The van der Waals surface area contributed by atoms with Gasteiger partial charge in [-0.3, -0.25) is 0 Å². The third-order valence-corrected chi connectivity index (χ3v) is 3.16. The number of aliphatic hydroxyl groups is 2. The average Bonchev–Trinajstić information content (AvgIpc) is 2.76. The zero-order valence-electron chi connectivity index (χ0n) is 5.77. The fourth-order valence-electron chi connectivity index (χ4n) is 1.41. The topological polar surface area (TPSA) is 53.0 Å². The third kappa shape index (κ3) is 1.14. The number of halogens is 1. The van der Waals surface area contributed by atoms with Crippen LogP contribution in [0.1, 0.15) is 0 Å². The lowest BCUT2D eigenvalue weighted by atomic mass is 9.98. The summed E-state index contributed by atoms with van der Waals surface area (Å²) in [5, 5.41) is 18.2. The van der Waals surface area contributed by atoms with Gasteiger partial charge in [-0.15, -0.1) is 0 Å². The van der Waals surface area contributed by atoms with Crippen LogP contribution in [0.5, 0.6) is 0 Å². The molecule has 1 fully saturated rings. The highest BCUT2D eigenvalue weighted by Gasteiger charge is 2.51. The summed E-state index contributed by atoms with van der Waals surface area (Å²) in [5.74, 6) is 0. The van der Waals surface area contributed by atoms with Crippen LogP contribution in [0.15, 0.2) is 11.6 Å². The Kier molecular flexibility index (Phi) is 1.79. The molecule has 11 heavy (non-hydrogen) atoms. The van der Waals surface area contributed by atoms with Gasteiger partial charge in [-0.2, -0.15) is 0 Å². The fraction of sp³-hybridized carbons (Fsp3) is 0.714. The average molecular weight is 221 g/mol. The van der Waals surface area contributed by atoms with Gasteiger partial charge < -0.3 is 14.9 Å². The molecule has 0 amide bonds. The summed E-state index contributed by atoms with van der Waals surface area (Å²) in [6, 6.07) is 0. The summed E-state index contributed by atoms with van der Waals surface area (Å²) in [5.41, 5.74) is 0.804. The quantitative estimate of drug-likeness (QED) is 0.366. The molecule has 0 radical (unpaired) electrons. The second-order valence-corrected chi connectivity index (χ2v) is 3.91. The molecule has 62 valence electrons. The molecular formula is C7H9BrO3. The van der Waals surface area contributed by atoms with E-state index in [1.165, 1.54) is 0 Å². The zero-order valence-corrected chi connectivity index (χ0v) is 7.36. The first-order chi connectivity index (χ1) is 5.24. The van der Waals surface area contributed by atoms with E-state index in [4.69, 9.17) is 9.84 Å². The van der Waals surface area contributed by atoms with Gasteiger partial charge in [0, 0.05) is 0 Å². The summed E-state index contributed by atoms with van der Waals surface area (Å²) in [4.78, 5) is -0.0113. The van der Waals surface area contributed by atoms with Crippen LogP contribution in [-0.2, 0) is 4.74 Å². The van der Waals surface area contributed by atoms with Crippen molar-refractivity contribution in [2.24, 2.45) is 0 Å². The van der Waals surface area contributed by atoms with Crippen molar-refractivity contribution in [1.82, 2.24) is 0 Å². The molecule has 0 bridgehead atoms. The number of alkyl halides is 1. The number of aliphatic hydroxyl groups excluding tert-OH is 2. The van der Waals surface area contributed by atoms with Gasteiger partial charge in [-0.05, 0) is 5.57 Å². The number of hydrogen-bond acceptors (Lipinski definition) is 3. The molecule has 0 aromatic heterocycles. The Morgan fingerprint density at radius 2 is 2.36 bits per heavy atom. The maximum absolute atomic E-state index is 9.36. The van der Waals surface area contributed by atoms with Crippen LogP contribution in [0.3, 0.4) is 0 Å². The van der Waals surface area contributed by atoms with Gasteiger partial charge in [-0.25, -0.2) is 0 Å². The number of ether oxygens (including phenoxy) is 1. The molecule has 0 aromatic rings. The van der Waals surface area contributed by atoms with E-state index in [2.05, 4.69) is 15.9 Å². The molecule has 2 aliphatic rings. The van der Waals surface area contributed by atoms with Crippen LogP contribution in [0.4, 0.5) is 0 Å². The Morgan fingerprint density at radius 3 is 3.00 bits per heavy atom. The third-order valence-electron chi connectivity index (χ3n) is 2.10. The SMILES string of the molecule is OCC1=C[C@H](O)[C@@H](Br)[C@H]2O[C@@H]12. The van der Waals surface area contributed by atoms with E-state index in [1.54, 1.807) is 6.08 Å². The summed E-state index contributed by atoms with van der Waals surface area (Å²) < 4.78 is 5.23. The van der Waals surface area contributed by atoms with Crippen molar-refractivity contribution in [3.8, 4) is 0 Å². The predicted molar refractivity (Wildman–Crippen MR) is 42.6 cm³/mol. The normalized spacial score (nSPS) is 48.1. The summed E-state index contributed by atoms with van der Waals surface area (Å²) in [7, 11) is 0. The van der Waals surface area contributed by atoms with Crippen molar-refractivity contribution >= 4 is 15.9 Å². The van der Waals surface area contributed by atoms with Gasteiger partial charge in [-0.1, -0.05) is 22.0 Å². The molecule has 1 heterocycles. The minimum absolute atomic E-state index is 0.0113. The van der Waals surface area contributed by atoms with E-state index >= 15 is 0 Å². The first-order valence-electron chi connectivity index (χ1n) is 3.53. The van der Waals surface area contributed by atoms with E-state index < -0.39 is 6.10 Å². The molecule has 2 rings (SSSR count). The Balaban J connectivity index is 2.18. The maximum Gasteiger partial charge on any atom is 0.109 e. The Hall–Kier alpha value is 0.1000. The largest absolute Gasteiger partial charge is 0.392 e. The number of epoxide rings is 1. The summed E-state index contributed by atoms with van der Waals surface area (Å²) >= 11 is 3.32. The first-order valence-corrected chi connectivity index (χ1v) is 4.44. The molecule has 1 aliphatic heterocycles. The lowest BCUT2D eigenvalue weighted by molar-refractivity contribution is 0.204. The van der Waals surface area contributed by atoms with Gasteiger partial charge >= 0.3 is 0 Å². The van der Waals surface area contributed by atoms with Gasteiger partial charge in [0.1, 0.15) is 12.2 Å². The van der Waals surface area contributed by atoms with Crippen molar-refractivity contribution < 1.29 is 14.9 Å². The monoisotopic (exact) mass is 220 g/mol. The minimum atomic E-state index is -0.527. The van der Waals surface area contributed by atoms with Crippen LogP contribution < -0.4 is 0 Å². The van der Waals surface area contributed by atoms with Crippen molar-refractivity contribution in [1.29, 1.82) is 0 Å². The lowest BCUT2D eigenvalue weighted by Gasteiger charge is -2.17. The maximum atomic E-state index is 9.36. The number of rotatable bonds is 1. The molecule has 1 saturated heterocycles. The second kappa shape index (κ2) is 2.55.